The van der Waals surface area contributed by atoms with Crippen molar-refractivity contribution in [2.24, 2.45) is 12.0 Å². The second-order valence-electron chi connectivity index (χ2n) is 8.07. The summed E-state index contributed by atoms with van der Waals surface area (Å²) in [5.74, 6) is 3.54. The van der Waals surface area contributed by atoms with E-state index >= 15 is 0 Å². The predicted molar refractivity (Wildman–Crippen MR) is 112 cm³/mol. The molecule has 4 rings (SSSR count). The fraction of sp³-hybridized carbons (Fsp3) is 0.700. The molecule has 2 aromatic rings. The smallest absolute Gasteiger partial charge is 0.194 e. The van der Waals surface area contributed by atoms with E-state index in [4.69, 9.17) is 14.3 Å². The van der Waals surface area contributed by atoms with Gasteiger partial charge < -0.3 is 24.0 Å². The second kappa shape index (κ2) is 9.57. The monoisotopic (exact) mass is 416 g/mol. The minimum absolute atomic E-state index is 0.268. The maximum Gasteiger partial charge on any atom is 0.194 e. The first-order valence-corrected chi connectivity index (χ1v) is 10.7. The van der Waals surface area contributed by atoms with E-state index in [9.17, 15) is 0 Å². The molecule has 10 nitrogen and oxygen atoms in total. The van der Waals surface area contributed by atoms with Crippen molar-refractivity contribution in [3.63, 3.8) is 0 Å². The van der Waals surface area contributed by atoms with Crippen molar-refractivity contribution in [3.05, 3.63) is 29.2 Å². The van der Waals surface area contributed by atoms with Crippen LogP contribution in [0.4, 0.5) is 0 Å². The Morgan fingerprint density at radius 3 is 2.70 bits per heavy atom. The number of hydrogen-bond acceptors (Lipinski definition) is 7. The van der Waals surface area contributed by atoms with Gasteiger partial charge in [-0.1, -0.05) is 5.16 Å². The zero-order valence-electron chi connectivity index (χ0n) is 18.2. The van der Waals surface area contributed by atoms with Gasteiger partial charge in [-0.2, -0.15) is 0 Å². The molecule has 30 heavy (non-hydrogen) atoms. The summed E-state index contributed by atoms with van der Waals surface area (Å²) >= 11 is 0. The van der Waals surface area contributed by atoms with Gasteiger partial charge in [0, 0.05) is 59.0 Å². The van der Waals surface area contributed by atoms with Crippen LogP contribution in [0.2, 0.25) is 0 Å². The first kappa shape index (κ1) is 20.8. The summed E-state index contributed by atoms with van der Waals surface area (Å²) in [6.07, 6.45) is 2.51. The van der Waals surface area contributed by atoms with Crippen molar-refractivity contribution in [2.75, 3.05) is 39.3 Å². The molecule has 0 aliphatic carbocycles. The number of hydrogen-bond donors (Lipinski definition) is 1. The number of nitrogens with zero attached hydrogens (tertiary/aromatic N) is 7. The highest BCUT2D eigenvalue weighted by Gasteiger charge is 2.23. The summed E-state index contributed by atoms with van der Waals surface area (Å²) in [4.78, 5) is 9.59. The molecule has 2 aliphatic heterocycles. The maximum absolute atomic E-state index is 5.77. The molecule has 0 amide bonds. The number of aryl methyl sites for hydroxylation is 2. The number of rotatable bonds is 6. The average molecular weight is 417 g/mol. The zero-order chi connectivity index (χ0) is 20.9. The largest absolute Gasteiger partial charge is 0.376 e. The van der Waals surface area contributed by atoms with E-state index < -0.39 is 0 Å². The van der Waals surface area contributed by atoms with Gasteiger partial charge in [0.1, 0.15) is 18.1 Å². The van der Waals surface area contributed by atoms with Crippen LogP contribution in [0.15, 0.2) is 15.6 Å². The van der Waals surface area contributed by atoms with Gasteiger partial charge in [0.15, 0.2) is 11.8 Å². The Morgan fingerprint density at radius 2 is 2.07 bits per heavy atom. The van der Waals surface area contributed by atoms with Crippen molar-refractivity contribution < 1.29 is 9.26 Å². The third-order valence-corrected chi connectivity index (χ3v) is 5.80. The van der Waals surface area contributed by atoms with E-state index in [0.717, 1.165) is 87.8 Å². The lowest BCUT2D eigenvalue weighted by Gasteiger charge is -2.36. The molecule has 2 aliphatic rings. The molecule has 2 aromatic heterocycles. The van der Waals surface area contributed by atoms with E-state index in [1.807, 2.05) is 31.5 Å². The summed E-state index contributed by atoms with van der Waals surface area (Å²) in [6.45, 7) is 10.6. The van der Waals surface area contributed by atoms with Gasteiger partial charge in [0.25, 0.3) is 0 Å². The lowest BCUT2D eigenvalue weighted by molar-refractivity contribution is 0.112. The highest BCUT2D eigenvalue weighted by Crippen LogP contribution is 2.12. The van der Waals surface area contributed by atoms with E-state index in [-0.39, 0.29) is 6.10 Å². The van der Waals surface area contributed by atoms with Crippen molar-refractivity contribution in [2.45, 2.75) is 45.9 Å². The molecule has 0 spiro atoms. The van der Waals surface area contributed by atoms with Crippen LogP contribution in [0.25, 0.3) is 0 Å². The molecular weight excluding hydrogens is 384 g/mol. The van der Waals surface area contributed by atoms with Gasteiger partial charge in [-0.15, -0.1) is 10.2 Å². The van der Waals surface area contributed by atoms with Crippen LogP contribution in [-0.4, -0.2) is 81.1 Å². The highest BCUT2D eigenvalue weighted by molar-refractivity contribution is 5.80. The topological polar surface area (TPSA) is 96.8 Å². The molecule has 0 bridgehead atoms. The van der Waals surface area contributed by atoms with Crippen LogP contribution in [0.1, 0.15) is 35.9 Å². The SMILES string of the molecule is Cc1cc(CN2CCN(C(=NCc3nnc(C)n3C)NCC3CCCO3)CC2)no1. The molecule has 0 aromatic carbocycles. The number of ether oxygens (including phenoxy) is 1. The minimum Gasteiger partial charge on any atom is -0.376 e. The number of aromatic nitrogens is 4. The summed E-state index contributed by atoms with van der Waals surface area (Å²) in [5.41, 5.74) is 0.990. The highest BCUT2D eigenvalue weighted by atomic mass is 16.5. The third-order valence-electron chi connectivity index (χ3n) is 5.80. The Hall–Kier alpha value is -2.46. The zero-order valence-corrected chi connectivity index (χ0v) is 18.2. The molecular formula is C20H32N8O2. The molecule has 1 atom stereocenters. The first-order chi connectivity index (χ1) is 14.6. The van der Waals surface area contributed by atoms with Crippen molar-refractivity contribution in [1.29, 1.82) is 0 Å². The number of piperazine rings is 1. The Balaban J connectivity index is 1.37. The van der Waals surface area contributed by atoms with Gasteiger partial charge in [0.05, 0.1) is 11.8 Å². The lowest BCUT2D eigenvalue weighted by atomic mass is 10.2. The lowest BCUT2D eigenvalue weighted by Crippen LogP contribution is -2.53. The molecule has 1 N–H and O–H groups in total. The van der Waals surface area contributed by atoms with Gasteiger partial charge in [-0.05, 0) is 26.7 Å². The first-order valence-electron chi connectivity index (χ1n) is 10.7. The van der Waals surface area contributed by atoms with E-state index in [1.54, 1.807) is 0 Å². The normalized spacial score (nSPS) is 20.8. The predicted octanol–water partition coefficient (Wildman–Crippen LogP) is 0.862. The number of nitrogens with one attached hydrogen (secondary N) is 1. The average Bonchev–Trinajstić information content (AvgIpc) is 3.48. The van der Waals surface area contributed by atoms with Gasteiger partial charge in [-0.3, -0.25) is 4.90 Å². The van der Waals surface area contributed by atoms with Gasteiger partial charge in [0.2, 0.25) is 0 Å². The fourth-order valence-electron chi connectivity index (χ4n) is 3.85. The Kier molecular flexibility index (Phi) is 6.63. The van der Waals surface area contributed by atoms with E-state index in [0.29, 0.717) is 6.54 Å². The number of aliphatic imine (C=N–C) groups is 1. The standard InChI is InChI=1S/C20H32N8O2/c1-15-11-17(25-30-15)14-27-6-8-28(9-7-27)20(21-12-18-5-4-10-29-18)22-13-19-24-23-16(2)26(19)3/h11,18H,4-10,12-14H2,1-3H3,(H,21,22). The van der Waals surface area contributed by atoms with Gasteiger partial charge in [-0.25, -0.2) is 4.99 Å². The Labute approximate surface area is 177 Å². The molecule has 164 valence electrons. The van der Waals surface area contributed by atoms with E-state index in [1.165, 1.54) is 0 Å². The molecule has 2 saturated heterocycles. The van der Waals surface area contributed by atoms with Crippen LogP contribution in [0.3, 0.4) is 0 Å². The summed E-state index contributed by atoms with van der Waals surface area (Å²) in [6, 6.07) is 2.01. The van der Waals surface area contributed by atoms with Crippen LogP contribution >= 0.6 is 0 Å². The van der Waals surface area contributed by atoms with Crippen LogP contribution in [-0.2, 0) is 24.9 Å². The van der Waals surface area contributed by atoms with Crippen molar-refractivity contribution in [1.82, 2.24) is 35.0 Å². The second-order valence-corrected chi connectivity index (χ2v) is 8.07. The summed E-state index contributed by atoms with van der Waals surface area (Å²) in [5, 5.41) is 16.0. The maximum atomic E-state index is 5.77. The van der Waals surface area contributed by atoms with Crippen molar-refractivity contribution >= 4 is 5.96 Å². The molecule has 1 unspecified atom stereocenters. The van der Waals surface area contributed by atoms with Crippen molar-refractivity contribution in [3.8, 4) is 0 Å². The van der Waals surface area contributed by atoms with Crippen LogP contribution < -0.4 is 5.32 Å². The minimum atomic E-state index is 0.268. The van der Waals surface area contributed by atoms with Crippen LogP contribution in [0, 0.1) is 13.8 Å². The molecule has 2 fully saturated rings. The Morgan fingerprint density at radius 1 is 1.23 bits per heavy atom. The fourth-order valence-corrected chi connectivity index (χ4v) is 3.85. The van der Waals surface area contributed by atoms with E-state index in [2.05, 4.69) is 30.5 Å². The molecule has 10 heteroatoms. The summed E-state index contributed by atoms with van der Waals surface area (Å²) < 4.78 is 13.0. The Bertz CT molecular complexity index is 847. The number of guanidine groups is 1. The molecule has 0 saturated carbocycles. The third kappa shape index (κ3) is 5.17. The molecule has 0 radical (unpaired) electrons. The van der Waals surface area contributed by atoms with Gasteiger partial charge >= 0.3 is 0 Å². The van der Waals surface area contributed by atoms with Crippen LogP contribution in [0.5, 0.6) is 0 Å². The quantitative estimate of drug-likeness (QED) is 0.547. The molecule has 4 heterocycles. The summed E-state index contributed by atoms with van der Waals surface area (Å²) in [7, 11) is 1.98.